The lowest BCUT2D eigenvalue weighted by Crippen LogP contribution is -2.36. The Morgan fingerprint density at radius 1 is 1.56 bits per heavy atom. The molecule has 1 heterocycles. The van der Waals surface area contributed by atoms with E-state index in [4.69, 9.17) is 11.6 Å². The molecular formula is C12H16ClNO3S. The molecule has 0 radical (unpaired) electrons. The van der Waals surface area contributed by atoms with Crippen molar-refractivity contribution in [1.82, 2.24) is 5.32 Å². The van der Waals surface area contributed by atoms with Gasteiger partial charge in [-0.15, -0.1) is 11.3 Å². The molecule has 0 saturated heterocycles. The molecule has 3 unspecified atom stereocenters. The van der Waals surface area contributed by atoms with Crippen molar-refractivity contribution in [2.45, 2.75) is 31.5 Å². The minimum Gasteiger partial charge on any atom is -0.392 e. The van der Waals surface area contributed by atoms with Crippen LogP contribution < -0.4 is 5.32 Å². The second kappa shape index (κ2) is 6.02. The fraction of sp³-hybridized carbons (Fsp3) is 0.583. The fourth-order valence-corrected chi connectivity index (χ4v) is 3.23. The van der Waals surface area contributed by atoms with Gasteiger partial charge in [-0.25, -0.2) is 0 Å². The zero-order valence-corrected chi connectivity index (χ0v) is 11.4. The van der Waals surface area contributed by atoms with Gasteiger partial charge in [0.2, 0.25) is 5.91 Å². The highest BCUT2D eigenvalue weighted by Gasteiger charge is 2.31. The number of aliphatic hydroxyl groups is 2. The topological polar surface area (TPSA) is 69.6 Å². The van der Waals surface area contributed by atoms with E-state index in [2.05, 4.69) is 5.32 Å². The number of halogens is 1. The Morgan fingerprint density at radius 2 is 2.33 bits per heavy atom. The van der Waals surface area contributed by atoms with Gasteiger partial charge in [-0.05, 0) is 31.4 Å². The first-order chi connectivity index (χ1) is 8.58. The molecule has 0 bridgehead atoms. The number of carbonyl (C=O) groups excluding carboxylic acids is 1. The molecule has 1 aliphatic rings. The molecule has 1 aromatic heterocycles. The van der Waals surface area contributed by atoms with Crippen LogP contribution in [0.1, 0.15) is 30.2 Å². The van der Waals surface area contributed by atoms with Crippen molar-refractivity contribution in [3.05, 3.63) is 21.3 Å². The van der Waals surface area contributed by atoms with Crippen LogP contribution in [-0.2, 0) is 4.79 Å². The number of hydrogen-bond donors (Lipinski definition) is 3. The Morgan fingerprint density at radius 3 is 2.89 bits per heavy atom. The van der Waals surface area contributed by atoms with Gasteiger partial charge in [-0.1, -0.05) is 11.6 Å². The summed E-state index contributed by atoms with van der Waals surface area (Å²) in [7, 11) is 0. The first-order valence-electron chi connectivity index (χ1n) is 5.97. The van der Waals surface area contributed by atoms with Gasteiger partial charge in [0.1, 0.15) is 6.10 Å². The van der Waals surface area contributed by atoms with Crippen LogP contribution in [0.3, 0.4) is 0 Å². The fourth-order valence-electron chi connectivity index (χ4n) is 2.18. The third kappa shape index (κ3) is 3.23. The first-order valence-corrected chi connectivity index (χ1v) is 7.16. The molecule has 6 heteroatoms. The van der Waals surface area contributed by atoms with Crippen molar-refractivity contribution < 1.29 is 15.0 Å². The van der Waals surface area contributed by atoms with Crippen LogP contribution in [0.25, 0.3) is 0 Å². The highest BCUT2D eigenvalue weighted by Crippen LogP contribution is 2.27. The van der Waals surface area contributed by atoms with E-state index >= 15 is 0 Å². The van der Waals surface area contributed by atoms with E-state index in [0.717, 1.165) is 11.3 Å². The van der Waals surface area contributed by atoms with Crippen molar-refractivity contribution in [3.63, 3.8) is 0 Å². The first kappa shape index (κ1) is 13.8. The zero-order chi connectivity index (χ0) is 13.1. The highest BCUT2D eigenvalue weighted by molar-refractivity contribution is 7.16. The van der Waals surface area contributed by atoms with E-state index in [1.54, 1.807) is 12.1 Å². The second-order valence-corrected chi connectivity index (χ2v) is 6.25. The summed E-state index contributed by atoms with van der Waals surface area (Å²) in [5.41, 5.74) is 0. The van der Waals surface area contributed by atoms with Crippen LogP contribution in [0, 0.1) is 5.92 Å². The molecule has 0 aliphatic heterocycles. The number of thiophene rings is 1. The maximum Gasteiger partial charge on any atom is 0.225 e. The molecule has 1 saturated carbocycles. The maximum atomic E-state index is 11.8. The van der Waals surface area contributed by atoms with Crippen molar-refractivity contribution >= 4 is 28.8 Å². The standard InChI is InChI=1S/C12H16ClNO3S/c13-11-5-4-10(18-11)9(16)6-14-12(17)7-2-1-3-8(7)15/h4-5,7-9,15-16H,1-3,6H2,(H,14,17). The van der Waals surface area contributed by atoms with Crippen molar-refractivity contribution in [3.8, 4) is 0 Å². The van der Waals surface area contributed by atoms with Gasteiger partial charge < -0.3 is 15.5 Å². The van der Waals surface area contributed by atoms with Crippen LogP contribution in [0.2, 0.25) is 4.34 Å². The lowest BCUT2D eigenvalue weighted by Gasteiger charge is -2.16. The number of carbonyl (C=O) groups is 1. The normalized spacial score (nSPS) is 25.1. The predicted octanol–water partition coefficient (Wildman–Crippen LogP) is 1.71. The minimum atomic E-state index is -0.745. The molecule has 1 aromatic rings. The van der Waals surface area contributed by atoms with Crippen molar-refractivity contribution in [2.75, 3.05) is 6.54 Å². The summed E-state index contributed by atoms with van der Waals surface area (Å²) in [6, 6.07) is 3.46. The molecule has 1 aliphatic carbocycles. The SMILES string of the molecule is O=C(NCC(O)c1ccc(Cl)s1)C1CCCC1O. The largest absolute Gasteiger partial charge is 0.392 e. The van der Waals surface area contributed by atoms with E-state index < -0.39 is 12.2 Å². The van der Waals surface area contributed by atoms with Gasteiger partial charge in [-0.2, -0.15) is 0 Å². The van der Waals surface area contributed by atoms with Crippen LogP contribution >= 0.6 is 22.9 Å². The Bertz CT molecular complexity index is 423. The van der Waals surface area contributed by atoms with Crippen LogP contribution in [0.4, 0.5) is 0 Å². The molecule has 0 aromatic carbocycles. The smallest absolute Gasteiger partial charge is 0.225 e. The molecular weight excluding hydrogens is 274 g/mol. The van der Waals surface area contributed by atoms with Gasteiger partial charge in [0.05, 0.1) is 16.4 Å². The van der Waals surface area contributed by atoms with Crippen molar-refractivity contribution in [1.29, 1.82) is 0 Å². The van der Waals surface area contributed by atoms with Crippen molar-refractivity contribution in [2.24, 2.45) is 5.92 Å². The van der Waals surface area contributed by atoms with Gasteiger partial charge >= 0.3 is 0 Å². The molecule has 18 heavy (non-hydrogen) atoms. The molecule has 1 amide bonds. The van der Waals surface area contributed by atoms with Gasteiger partial charge in [-0.3, -0.25) is 4.79 Å². The van der Waals surface area contributed by atoms with E-state index in [1.807, 2.05) is 0 Å². The second-order valence-electron chi connectivity index (χ2n) is 4.51. The Balaban J connectivity index is 1.82. The molecule has 100 valence electrons. The average Bonchev–Trinajstić information content (AvgIpc) is 2.94. The quantitative estimate of drug-likeness (QED) is 0.790. The predicted molar refractivity (Wildman–Crippen MR) is 70.6 cm³/mol. The molecule has 4 nitrogen and oxygen atoms in total. The minimum absolute atomic E-state index is 0.152. The summed E-state index contributed by atoms with van der Waals surface area (Å²) in [5.74, 6) is -0.508. The number of hydrogen-bond acceptors (Lipinski definition) is 4. The van der Waals surface area contributed by atoms with E-state index in [0.29, 0.717) is 17.2 Å². The van der Waals surface area contributed by atoms with E-state index in [-0.39, 0.29) is 18.4 Å². The summed E-state index contributed by atoms with van der Waals surface area (Å²) in [5, 5.41) is 22.1. The summed E-state index contributed by atoms with van der Waals surface area (Å²) < 4.78 is 0.613. The molecule has 0 spiro atoms. The zero-order valence-electron chi connectivity index (χ0n) is 9.80. The lowest BCUT2D eigenvalue weighted by molar-refractivity contribution is -0.127. The number of rotatable bonds is 4. The number of aliphatic hydroxyl groups excluding tert-OH is 2. The molecule has 2 rings (SSSR count). The van der Waals surface area contributed by atoms with Crippen LogP contribution in [0.5, 0.6) is 0 Å². The average molecular weight is 290 g/mol. The Hall–Kier alpha value is -0.620. The third-order valence-electron chi connectivity index (χ3n) is 3.21. The van der Waals surface area contributed by atoms with Gasteiger partial charge in [0.15, 0.2) is 0 Å². The lowest BCUT2D eigenvalue weighted by atomic mass is 10.1. The third-order valence-corrected chi connectivity index (χ3v) is 4.54. The van der Waals surface area contributed by atoms with Crippen LogP contribution in [-0.4, -0.2) is 28.8 Å². The summed E-state index contributed by atoms with van der Waals surface area (Å²) in [6.45, 7) is 0.152. The molecule has 3 N–H and O–H groups in total. The van der Waals surface area contributed by atoms with Crippen LogP contribution in [0.15, 0.2) is 12.1 Å². The summed E-state index contributed by atoms with van der Waals surface area (Å²) in [6.07, 6.45) is 0.987. The summed E-state index contributed by atoms with van der Waals surface area (Å²) in [4.78, 5) is 12.5. The monoisotopic (exact) mass is 289 g/mol. The Kier molecular flexibility index (Phi) is 4.61. The number of amides is 1. The molecule has 1 fully saturated rings. The van der Waals surface area contributed by atoms with E-state index in [9.17, 15) is 15.0 Å². The number of nitrogens with one attached hydrogen (secondary N) is 1. The highest BCUT2D eigenvalue weighted by atomic mass is 35.5. The van der Waals surface area contributed by atoms with Gasteiger partial charge in [0.25, 0.3) is 0 Å². The molecule has 3 atom stereocenters. The maximum absolute atomic E-state index is 11.8. The summed E-state index contributed by atoms with van der Waals surface area (Å²) >= 11 is 7.07. The Labute approximate surface area is 115 Å². The van der Waals surface area contributed by atoms with Gasteiger partial charge in [0, 0.05) is 11.4 Å². The van der Waals surface area contributed by atoms with E-state index in [1.165, 1.54) is 11.3 Å².